The molecule has 1 heterocycles. The van der Waals surface area contributed by atoms with Gasteiger partial charge in [-0.2, -0.15) is 4.73 Å². The molecule has 0 saturated heterocycles. The van der Waals surface area contributed by atoms with Gasteiger partial charge in [-0.05, 0) is 42.4 Å². The van der Waals surface area contributed by atoms with Crippen LogP contribution in [0.5, 0.6) is 0 Å². The molecule has 1 atom stereocenters. The van der Waals surface area contributed by atoms with Crippen molar-refractivity contribution in [3.63, 3.8) is 0 Å². The Kier molecular flexibility index (Phi) is 5.69. The monoisotopic (exact) mass is 338 g/mol. The van der Waals surface area contributed by atoms with Gasteiger partial charge in [-0.15, -0.1) is 0 Å². The normalized spacial score (nSPS) is 16.4. The Morgan fingerprint density at radius 1 is 1.08 bits per heavy atom. The third-order valence-corrected chi connectivity index (χ3v) is 5.20. The van der Waals surface area contributed by atoms with Crippen molar-refractivity contribution in [2.24, 2.45) is 5.92 Å². The third kappa shape index (κ3) is 4.81. The third-order valence-electron chi connectivity index (χ3n) is 5.20. The zero-order valence-corrected chi connectivity index (χ0v) is 14.8. The van der Waals surface area contributed by atoms with Gasteiger partial charge < -0.3 is 10.5 Å². The van der Waals surface area contributed by atoms with E-state index >= 15 is 0 Å². The number of carbonyl (C=O) groups is 1. The quantitative estimate of drug-likeness (QED) is 0.669. The van der Waals surface area contributed by atoms with Gasteiger partial charge in [0.25, 0.3) is 0 Å². The van der Waals surface area contributed by atoms with E-state index < -0.39 is 0 Å². The fourth-order valence-corrected chi connectivity index (χ4v) is 3.66. The highest BCUT2D eigenvalue weighted by Crippen LogP contribution is 2.26. The second-order valence-corrected chi connectivity index (χ2v) is 7.07. The molecule has 0 radical (unpaired) electrons. The Labute approximate surface area is 149 Å². The van der Waals surface area contributed by atoms with Crippen molar-refractivity contribution >= 4 is 5.91 Å². The number of hydrogen-bond acceptors (Lipinski definition) is 2. The van der Waals surface area contributed by atoms with Gasteiger partial charge in [-0.3, -0.25) is 4.79 Å². The van der Waals surface area contributed by atoms with Gasteiger partial charge in [-0.1, -0.05) is 43.5 Å². The van der Waals surface area contributed by atoms with Crippen LogP contribution in [0.4, 0.5) is 0 Å². The molecule has 4 heteroatoms. The zero-order valence-electron chi connectivity index (χ0n) is 14.8. The highest BCUT2D eigenvalue weighted by Gasteiger charge is 2.21. The first-order chi connectivity index (χ1) is 12.1. The fourth-order valence-electron chi connectivity index (χ4n) is 3.66. The van der Waals surface area contributed by atoms with Crippen LogP contribution in [-0.4, -0.2) is 11.9 Å². The van der Waals surface area contributed by atoms with Crippen molar-refractivity contribution in [1.29, 1.82) is 0 Å². The van der Waals surface area contributed by atoms with Crippen LogP contribution in [0.1, 0.15) is 44.6 Å². The molecule has 1 N–H and O–H groups in total. The van der Waals surface area contributed by atoms with Crippen molar-refractivity contribution < 1.29 is 9.52 Å². The molecular formula is C21H26N2O2. The van der Waals surface area contributed by atoms with E-state index in [-0.39, 0.29) is 11.9 Å². The molecule has 0 spiro atoms. The van der Waals surface area contributed by atoms with Crippen molar-refractivity contribution in [2.75, 3.05) is 0 Å². The van der Waals surface area contributed by atoms with E-state index in [9.17, 15) is 10.0 Å². The molecule has 1 fully saturated rings. The molecule has 25 heavy (non-hydrogen) atoms. The molecule has 4 nitrogen and oxygen atoms in total. The van der Waals surface area contributed by atoms with Gasteiger partial charge in [0.2, 0.25) is 5.91 Å². The van der Waals surface area contributed by atoms with Crippen LogP contribution in [0.3, 0.4) is 0 Å². The lowest BCUT2D eigenvalue weighted by Crippen LogP contribution is -2.39. The second kappa shape index (κ2) is 8.15. The number of pyridine rings is 1. The number of nitrogens with zero attached hydrogens (tertiary/aromatic N) is 1. The number of hydrogen-bond donors (Lipinski definition) is 1. The largest absolute Gasteiger partial charge is 0.619 e. The zero-order chi connectivity index (χ0) is 17.6. The molecule has 1 amide bonds. The number of benzene rings is 1. The SMILES string of the molecule is C[C@@H](NC(=O)Cc1ccc(-c2cc[n+]([O-])cc2)cc1)C1CCCCC1. The minimum absolute atomic E-state index is 0.0953. The lowest BCUT2D eigenvalue weighted by molar-refractivity contribution is -0.605. The molecule has 2 aromatic rings. The van der Waals surface area contributed by atoms with Crippen molar-refractivity contribution in [2.45, 2.75) is 51.5 Å². The standard InChI is InChI=1S/C21H26N2O2/c1-16(18-5-3-2-4-6-18)22-21(24)15-17-7-9-19(10-8-17)20-11-13-23(25)14-12-20/h7-14,16,18H,2-6,15H2,1H3,(H,22,24)/t16-/m1/s1. The Balaban J connectivity index is 1.55. The summed E-state index contributed by atoms with van der Waals surface area (Å²) in [7, 11) is 0. The van der Waals surface area contributed by atoms with Crippen LogP contribution < -0.4 is 10.0 Å². The van der Waals surface area contributed by atoms with Crippen LogP contribution in [0.25, 0.3) is 11.1 Å². The lowest BCUT2D eigenvalue weighted by atomic mass is 9.84. The predicted octanol–water partition coefficient (Wildman–Crippen LogP) is 3.61. The van der Waals surface area contributed by atoms with Gasteiger partial charge in [0.15, 0.2) is 12.4 Å². The molecule has 1 aromatic carbocycles. The molecule has 1 saturated carbocycles. The minimum atomic E-state index is 0.0953. The van der Waals surface area contributed by atoms with Crippen LogP contribution in [-0.2, 0) is 11.2 Å². The van der Waals surface area contributed by atoms with Gasteiger partial charge in [0.1, 0.15) is 0 Å². The maximum atomic E-state index is 12.3. The maximum Gasteiger partial charge on any atom is 0.224 e. The van der Waals surface area contributed by atoms with E-state index in [2.05, 4.69) is 12.2 Å². The Morgan fingerprint density at radius 2 is 1.68 bits per heavy atom. The van der Waals surface area contributed by atoms with E-state index in [0.717, 1.165) is 21.4 Å². The highest BCUT2D eigenvalue weighted by atomic mass is 16.5. The summed E-state index contributed by atoms with van der Waals surface area (Å²) >= 11 is 0. The fraction of sp³-hybridized carbons (Fsp3) is 0.429. The summed E-state index contributed by atoms with van der Waals surface area (Å²) in [5.74, 6) is 0.722. The summed E-state index contributed by atoms with van der Waals surface area (Å²) in [5.41, 5.74) is 3.04. The summed E-state index contributed by atoms with van der Waals surface area (Å²) in [4.78, 5) is 12.3. The first-order valence-corrected chi connectivity index (χ1v) is 9.19. The van der Waals surface area contributed by atoms with E-state index in [1.54, 1.807) is 12.1 Å². The van der Waals surface area contributed by atoms with Crippen molar-refractivity contribution in [3.05, 3.63) is 59.6 Å². The first kappa shape index (κ1) is 17.5. The van der Waals surface area contributed by atoms with Crippen LogP contribution >= 0.6 is 0 Å². The van der Waals surface area contributed by atoms with Gasteiger partial charge in [0.05, 0.1) is 6.42 Å². The molecule has 132 valence electrons. The average molecular weight is 338 g/mol. The topological polar surface area (TPSA) is 56.0 Å². The molecule has 1 aliphatic rings. The number of aromatic nitrogens is 1. The molecule has 1 aromatic heterocycles. The Morgan fingerprint density at radius 3 is 2.32 bits per heavy atom. The van der Waals surface area contributed by atoms with Crippen LogP contribution in [0, 0.1) is 11.1 Å². The lowest BCUT2D eigenvalue weighted by Gasteiger charge is -2.28. The summed E-state index contributed by atoms with van der Waals surface area (Å²) in [6, 6.07) is 11.8. The van der Waals surface area contributed by atoms with Crippen LogP contribution in [0.2, 0.25) is 0 Å². The van der Waals surface area contributed by atoms with Gasteiger partial charge in [-0.25, -0.2) is 0 Å². The smallest absolute Gasteiger partial charge is 0.224 e. The molecule has 1 aliphatic carbocycles. The summed E-state index contributed by atoms with van der Waals surface area (Å²) in [6.45, 7) is 2.13. The second-order valence-electron chi connectivity index (χ2n) is 7.07. The first-order valence-electron chi connectivity index (χ1n) is 9.19. The number of amides is 1. The summed E-state index contributed by atoms with van der Waals surface area (Å²) < 4.78 is 0.774. The maximum absolute atomic E-state index is 12.3. The van der Waals surface area contributed by atoms with Gasteiger partial charge in [0, 0.05) is 18.2 Å². The van der Waals surface area contributed by atoms with Crippen molar-refractivity contribution in [3.8, 4) is 11.1 Å². The molecular weight excluding hydrogens is 312 g/mol. The minimum Gasteiger partial charge on any atom is -0.619 e. The molecule has 0 unspecified atom stereocenters. The molecule has 0 aliphatic heterocycles. The van der Waals surface area contributed by atoms with Gasteiger partial charge >= 0.3 is 0 Å². The Hall–Kier alpha value is -2.36. The van der Waals surface area contributed by atoms with Crippen molar-refractivity contribution in [1.82, 2.24) is 5.32 Å². The van der Waals surface area contributed by atoms with Crippen LogP contribution in [0.15, 0.2) is 48.8 Å². The van der Waals surface area contributed by atoms with E-state index in [1.165, 1.54) is 44.5 Å². The Bertz CT molecular complexity index is 689. The van der Waals surface area contributed by atoms with E-state index in [1.807, 2.05) is 24.3 Å². The number of rotatable bonds is 5. The van der Waals surface area contributed by atoms with E-state index in [0.29, 0.717) is 12.3 Å². The molecule has 3 rings (SSSR count). The summed E-state index contributed by atoms with van der Waals surface area (Å²) in [5, 5.41) is 14.3. The average Bonchev–Trinajstić information content (AvgIpc) is 2.64. The number of nitrogens with one attached hydrogen (secondary N) is 1. The molecule has 0 bridgehead atoms. The summed E-state index contributed by atoms with van der Waals surface area (Å²) in [6.07, 6.45) is 9.77. The predicted molar refractivity (Wildman–Crippen MR) is 98.7 cm³/mol. The van der Waals surface area contributed by atoms with E-state index in [4.69, 9.17) is 0 Å². The highest BCUT2D eigenvalue weighted by molar-refractivity contribution is 5.79. The number of carbonyl (C=O) groups excluding carboxylic acids is 1.